The molecular weight excluding hydrogens is 236 g/mol. The number of carbonyl (C=O) groups excluding carboxylic acids is 1. The van der Waals surface area contributed by atoms with Crippen LogP contribution in [-0.2, 0) is 22.7 Å². The van der Waals surface area contributed by atoms with Gasteiger partial charge in [0.05, 0.1) is 12.0 Å². The number of hydrogen-bond acceptors (Lipinski definition) is 4. The molecule has 1 aromatic heterocycles. The summed E-state index contributed by atoms with van der Waals surface area (Å²) in [5.41, 5.74) is -1.07. The van der Waals surface area contributed by atoms with E-state index in [1.54, 1.807) is 6.33 Å². The van der Waals surface area contributed by atoms with Crippen LogP contribution in [0.2, 0.25) is 0 Å². The second-order valence-electron chi connectivity index (χ2n) is 4.68. The van der Waals surface area contributed by atoms with Gasteiger partial charge in [-0.2, -0.15) is 0 Å². The number of aliphatic carboxylic acids is 1. The van der Waals surface area contributed by atoms with E-state index in [0.29, 0.717) is 5.82 Å². The van der Waals surface area contributed by atoms with Gasteiger partial charge in [-0.1, -0.05) is 0 Å². The zero-order chi connectivity index (χ0) is 13.8. The molecule has 1 rings (SSSR count). The molecule has 1 aromatic rings. The molecule has 0 saturated carbocycles. The molecule has 0 radical (unpaired) electrons. The van der Waals surface area contributed by atoms with Crippen LogP contribution in [-0.4, -0.2) is 31.7 Å². The molecule has 0 unspecified atom stereocenters. The highest BCUT2D eigenvalue weighted by Crippen LogP contribution is 2.19. The lowest BCUT2D eigenvalue weighted by Crippen LogP contribution is -2.33. The van der Waals surface area contributed by atoms with Gasteiger partial charge in [0.15, 0.2) is 5.82 Å². The van der Waals surface area contributed by atoms with Crippen molar-refractivity contribution in [2.75, 3.05) is 0 Å². The number of nitrogens with one attached hydrogen (secondary N) is 1. The average Bonchev–Trinajstić information content (AvgIpc) is 2.72. The van der Waals surface area contributed by atoms with Crippen molar-refractivity contribution in [1.29, 1.82) is 0 Å². The molecule has 1 amide bonds. The molecule has 0 fully saturated rings. The van der Waals surface area contributed by atoms with Crippen LogP contribution in [0.4, 0.5) is 0 Å². The first kappa shape index (κ1) is 14.1. The predicted molar refractivity (Wildman–Crippen MR) is 63.6 cm³/mol. The van der Waals surface area contributed by atoms with Gasteiger partial charge in [-0.05, 0) is 20.8 Å². The molecule has 1 heterocycles. The number of rotatable bonds is 6. The van der Waals surface area contributed by atoms with E-state index in [2.05, 4.69) is 15.5 Å². The fraction of sp³-hybridized carbons (Fsp3) is 0.636. The normalized spacial score (nSPS) is 11.3. The van der Waals surface area contributed by atoms with Gasteiger partial charge in [0.1, 0.15) is 6.33 Å². The maximum atomic E-state index is 11.6. The number of nitrogens with zero attached hydrogens (tertiary/aromatic N) is 3. The molecule has 0 atom stereocenters. The van der Waals surface area contributed by atoms with Crippen LogP contribution in [0, 0.1) is 5.41 Å². The summed E-state index contributed by atoms with van der Waals surface area (Å²) in [6, 6.07) is 0. The third-order valence-corrected chi connectivity index (χ3v) is 2.66. The van der Waals surface area contributed by atoms with Crippen molar-refractivity contribution in [1.82, 2.24) is 20.1 Å². The minimum absolute atomic E-state index is 0.0669. The number of aryl methyl sites for hydroxylation is 1. The number of carboxylic acids is 1. The highest BCUT2D eigenvalue weighted by atomic mass is 16.4. The quantitative estimate of drug-likeness (QED) is 0.766. The van der Waals surface area contributed by atoms with Gasteiger partial charge in [0.25, 0.3) is 0 Å². The third-order valence-electron chi connectivity index (χ3n) is 2.66. The molecule has 100 valence electrons. The van der Waals surface area contributed by atoms with Crippen molar-refractivity contribution >= 4 is 11.9 Å². The average molecular weight is 254 g/mol. The zero-order valence-electron chi connectivity index (χ0n) is 10.8. The van der Waals surface area contributed by atoms with E-state index in [1.165, 1.54) is 13.8 Å². The molecule has 0 aliphatic heterocycles. The molecule has 7 heteroatoms. The molecule has 0 bridgehead atoms. The lowest BCUT2D eigenvalue weighted by Gasteiger charge is -2.18. The summed E-state index contributed by atoms with van der Waals surface area (Å²) in [5, 5.41) is 19.2. The van der Waals surface area contributed by atoms with Crippen LogP contribution in [0.3, 0.4) is 0 Å². The van der Waals surface area contributed by atoms with Gasteiger partial charge >= 0.3 is 5.97 Å². The van der Waals surface area contributed by atoms with Gasteiger partial charge in [0, 0.05) is 13.0 Å². The number of aromatic nitrogens is 3. The summed E-state index contributed by atoms with van der Waals surface area (Å²) < 4.78 is 1.81. The minimum atomic E-state index is -1.07. The molecular formula is C11H18N4O3. The molecule has 0 aliphatic carbocycles. The summed E-state index contributed by atoms with van der Waals surface area (Å²) in [4.78, 5) is 22.5. The SMILES string of the molecule is CCn1cnnc1CNC(=O)CC(C)(C)C(=O)O. The van der Waals surface area contributed by atoms with Crippen molar-refractivity contribution in [3.05, 3.63) is 12.2 Å². The number of carbonyl (C=O) groups is 2. The monoisotopic (exact) mass is 254 g/mol. The fourth-order valence-corrected chi connectivity index (χ4v) is 1.40. The van der Waals surface area contributed by atoms with E-state index in [1.807, 2.05) is 11.5 Å². The Morgan fingerprint density at radius 3 is 2.72 bits per heavy atom. The van der Waals surface area contributed by atoms with Crippen molar-refractivity contribution in [3.63, 3.8) is 0 Å². The van der Waals surface area contributed by atoms with Crippen LogP contribution >= 0.6 is 0 Å². The van der Waals surface area contributed by atoms with Crippen molar-refractivity contribution in [2.45, 2.75) is 40.3 Å². The van der Waals surface area contributed by atoms with Crippen LogP contribution in [0.25, 0.3) is 0 Å². The first-order chi connectivity index (χ1) is 8.36. The van der Waals surface area contributed by atoms with Crippen LogP contribution in [0.15, 0.2) is 6.33 Å². The van der Waals surface area contributed by atoms with Crippen LogP contribution in [0.1, 0.15) is 33.0 Å². The maximum absolute atomic E-state index is 11.6. The molecule has 2 N–H and O–H groups in total. The standard InChI is InChI=1S/C11H18N4O3/c1-4-15-7-13-14-8(15)6-12-9(16)5-11(2,3)10(17)18/h7H,4-6H2,1-3H3,(H,12,16)(H,17,18). The molecule has 7 nitrogen and oxygen atoms in total. The number of hydrogen-bond donors (Lipinski definition) is 2. The van der Waals surface area contributed by atoms with Gasteiger partial charge < -0.3 is 15.0 Å². The Labute approximate surface area is 105 Å². The lowest BCUT2D eigenvalue weighted by atomic mass is 9.89. The Morgan fingerprint density at radius 1 is 1.50 bits per heavy atom. The van der Waals surface area contributed by atoms with Crippen LogP contribution in [0.5, 0.6) is 0 Å². The second kappa shape index (κ2) is 5.61. The summed E-state index contributed by atoms with van der Waals surface area (Å²) in [6.45, 7) is 5.95. The first-order valence-corrected chi connectivity index (χ1v) is 5.73. The lowest BCUT2D eigenvalue weighted by molar-refractivity contribution is -0.149. The van der Waals surface area contributed by atoms with Gasteiger partial charge in [0.2, 0.25) is 5.91 Å². The zero-order valence-corrected chi connectivity index (χ0v) is 10.8. The molecule has 0 aliphatic rings. The molecule has 0 saturated heterocycles. The Balaban J connectivity index is 2.50. The highest BCUT2D eigenvalue weighted by molar-refractivity contribution is 5.84. The predicted octanol–water partition coefficient (Wildman–Crippen LogP) is 0.415. The Bertz CT molecular complexity index is 439. The number of amides is 1. The third kappa shape index (κ3) is 3.54. The molecule has 0 aromatic carbocycles. The largest absolute Gasteiger partial charge is 0.481 e. The molecule has 18 heavy (non-hydrogen) atoms. The van der Waals surface area contributed by atoms with E-state index in [-0.39, 0.29) is 18.9 Å². The summed E-state index contributed by atoms with van der Waals surface area (Å²) in [5.74, 6) is -0.651. The van der Waals surface area contributed by atoms with Crippen molar-refractivity contribution in [3.8, 4) is 0 Å². The smallest absolute Gasteiger partial charge is 0.309 e. The first-order valence-electron chi connectivity index (χ1n) is 5.73. The van der Waals surface area contributed by atoms with E-state index in [0.717, 1.165) is 6.54 Å². The van der Waals surface area contributed by atoms with E-state index >= 15 is 0 Å². The summed E-state index contributed by atoms with van der Waals surface area (Å²) in [7, 11) is 0. The van der Waals surface area contributed by atoms with Gasteiger partial charge in [-0.3, -0.25) is 9.59 Å². The van der Waals surface area contributed by atoms with E-state index in [9.17, 15) is 9.59 Å². The maximum Gasteiger partial charge on any atom is 0.309 e. The highest BCUT2D eigenvalue weighted by Gasteiger charge is 2.30. The van der Waals surface area contributed by atoms with Crippen molar-refractivity contribution in [2.24, 2.45) is 5.41 Å². The van der Waals surface area contributed by atoms with E-state index < -0.39 is 11.4 Å². The Kier molecular flexibility index (Phi) is 4.41. The van der Waals surface area contributed by atoms with Crippen LogP contribution < -0.4 is 5.32 Å². The van der Waals surface area contributed by atoms with E-state index in [4.69, 9.17) is 5.11 Å². The second-order valence-corrected chi connectivity index (χ2v) is 4.68. The number of carboxylic acid groups (broad SMARTS) is 1. The Morgan fingerprint density at radius 2 is 2.17 bits per heavy atom. The molecule has 0 spiro atoms. The van der Waals surface area contributed by atoms with Crippen molar-refractivity contribution < 1.29 is 14.7 Å². The fourth-order valence-electron chi connectivity index (χ4n) is 1.40. The minimum Gasteiger partial charge on any atom is -0.481 e. The topological polar surface area (TPSA) is 97.1 Å². The van der Waals surface area contributed by atoms with Gasteiger partial charge in [-0.25, -0.2) is 0 Å². The van der Waals surface area contributed by atoms with Gasteiger partial charge in [-0.15, -0.1) is 10.2 Å². The summed E-state index contributed by atoms with van der Waals surface area (Å²) >= 11 is 0. The summed E-state index contributed by atoms with van der Waals surface area (Å²) in [6.07, 6.45) is 1.52. The Hall–Kier alpha value is -1.92.